The number of alkyl halides is 5. The number of hydrogen-bond acceptors (Lipinski definition) is 2. The van der Waals surface area contributed by atoms with E-state index in [0.29, 0.717) is 0 Å². The second kappa shape index (κ2) is 6.22. The van der Waals surface area contributed by atoms with Gasteiger partial charge in [-0.3, -0.25) is 0 Å². The highest BCUT2D eigenvalue weighted by Crippen LogP contribution is 2.52. The second-order valence-electron chi connectivity index (χ2n) is 5.02. The molecule has 130 valence electrons. The first-order chi connectivity index (χ1) is 11.0. The van der Waals surface area contributed by atoms with E-state index < -0.39 is 28.8 Å². The topological polar surface area (TPSA) is 29.5 Å². The summed E-state index contributed by atoms with van der Waals surface area (Å²) in [5.74, 6) is -5.43. The fourth-order valence-corrected chi connectivity index (χ4v) is 2.40. The van der Waals surface area contributed by atoms with Gasteiger partial charge in [-0.25, -0.2) is 0 Å². The van der Waals surface area contributed by atoms with Crippen LogP contribution in [0.2, 0.25) is 5.02 Å². The van der Waals surface area contributed by atoms with Crippen molar-refractivity contribution >= 4 is 11.6 Å². The molecule has 0 bridgehead atoms. The Hall–Kier alpha value is -1.86. The van der Waals surface area contributed by atoms with Gasteiger partial charge in [0.15, 0.2) is 5.60 Å². The van der Waals surface area contributed by atoms with E-state index >= 15 is 0 Å². The smallest absolute Gasteiger partial charge is 0.457 e. The van der Waals surface area contributed by atoms with Crippen molar-refractivity contribution < 1.29 is 31.8 Å². The highest BCUT2D eigenvalue weighted by Gasteiger charge is 2.71. The molecule has 0 heterocycles. The molecule has 0 aliphatic rings. The molecule has 1 N–H and O–H groups in total. The van der Waals surface area contributed by atoms with Gasteiger partial charge in [0.1, 0.15) is 5.75 Å². The van der Waals surface area contributed by atoms with Gasteiger partial charge in [0.2, 0.25) is 0 Å². The van der Waals surface area contributed by atoms with E-state index in [1.54, 1.807) is 0 Å². The minimum Gasteiger partial charge on any atom is -0.497 e. The van der Waals surface area contributed by atoms with E-state index in [1.807, 2.05) is 0 Å². The van der Waals surface area contributed by atoms with E-state index in [-0.39, 0.29) is 10.8 Å². The lowest BCUT2D eigenvalue weighted by atomic mass is 9.80. The molecule has 0 saturated carbocycles. The minimum absolute atomic E-state index is 0.0258. The third-order valence-electron chi connectivity index (χ3n) is 3.56. The number of rotatable bonds is 4. The summed E-state index contributed by atoms with van der Waals surface area (Å²) in [7, 11) is 1.22. The van der Waals surface area contributed by atoms with Gasteiger partial charge in [0, 0.05) is 5.02 Å². The molecule has 0 fully saturated rings. The van der Waals surface area contributed by atoms with Crippen molar-refractivity contribution in [1.82, 2.24) is 0 Å². The molecule has 2 rings (SSSR count). The summed E-state index contributed by atoms with van der Waals surface area (Å²) in [6.07, 6.45) is -5.98. The maximum absolute atomic E-state index is 14.2. The van der Waals surface area contributed by atoms with E-state index in [1.165, 1.54) is 19.2 Å². The molecule has 2 nitrogen and oxygen atoms in total. The van der Waals surface area contributed by atoms with Gasteiger partial charge >= 0.3 is 12.1 Å². The first-order valence-electron chi connectivity index (χ1n) is 6.61. The van der Waals surface area contributed by atoms with E-state index in [4.69, 9.17) is 16.3 Å². The van der Waals surface area contributed by atoms with Crippen LogP contribution in [-0.2, 0) is 5.60 Å². The summed E-state index contributed by atoms with van der Waals surface area (Å²) in [4.78, 5) is 0. The Morgan fingerprint density at radius 1 is 0.917 bits per heavy atom. The van der Waals surface area contributed by atoms with Gasteiger partial charge in [-0.05, 0) is 35.4 Å². The average molecular weight is 367 g/mol. The number of hydrogen-bond donors (Lipinski definition) is 1. The third kappa shape index (κ3) is 2.93. The number of halogens is 6. The fraction of sp³-hybridized carbons (Fsp3) is 0.250. The lowest BCUT2D eigenvalue weighted by molar-refractivity contribution is -0.336. The van der Waals surface area contributed by atoms with Crippen LogP contribution in [0.5, 0.6) is 5.75 Å². The lowest BCUT2D eigenvalue weighted by Crippen LogP contribution is -2.55. The SMILES string of the molecule is COc1cccc(C(O)(c2ccc(Cl)cc2)C(F)(F)C(F)(F)F)c1. The standard InChI is InChI=1S/C16H12ClF5O2/c1-24-13-4-2-3-11(9-13)14(23,15(18,19)16(20,21)22)10-5-7-12(17)8-6-10/h2-9,23H,1H3. The molecule has 1 atom stereocenters. The van der Waals surface area contributed by atoms with E-state index in [0.717, 1.165) is 36.4 Å². The van der Waals surface area contributed by atoms with Crippen molar-refractivity contribution in [3.8, 4) is 5.75 Å². The molecule has 0 saturated heterocycles. The zero-order valence-corrected chi connectivity index (χ0v) is 13.0. The predicted octanol–water partition coefficient (Wildman–Crippen LogP) is 4.78. The molecule has 0 aliphatic heterocycles. The van der Waals surface area contributed by atoms with Crippen LogP contribution in [0, 0.1) is 0 Å². The van der Waals surface area contributed by atoms with E-state index in [2.05, 4.69) is 0 Å². The van der Waals surface area contributed by atoms with Crippen LogP contribution in [0.15, 0.2) is 48.5 Å². The van der Waals surface area contributed by atoms with Gasteiger partial charge in [0.05, 0.1) is 7.11 Å². The van der Waals surface area contributed by atoms with Crippen molar-refractivity contribution in [3.05, 3.63) is 64.7 Å². The van der Waals surface area contributed by atoms with Crippen LogP contribution in [-0.4, -0.2) is 24.3 Å². The largest absolute Gasteiger partial charge is 0.497 e. The molecule has 0 aromatic heterocycles. The predicted molar refractivity (Wildman–Crippen MR) is 78.4 cm³/mol. The first-order valence-corrected chi connectivity index (χ1v) is 6.99. The molecule has 2 aromatic carbocycles. The second-order valence-corrected chi connectivity index (χ2v) is 5.46. The Morgan fingerprint density at radius 2 is 1.50 bits per heavy atom. The minimum atomic E-state index is -5.98. The summed E-state index contributed by atoms with van der Waals surface area (Å²) in [5, 5.41) is 10.7. The van der Waals surface area contributed by atoms with Gasteiger partial charge in [-0.1, -0.05) is 35.9 Å². The number of ether oxygens (including phenoxy) is 1. The quantitative estimate of drug-likeness (QED) is 0.789. The van der Waals surface area contributed by atoms with E-state index in [9.17, 15) is 27.1 Å². The van der Waals surface area contributed by atoms with Crippen molar-refractivity contribution in [2.24, 2.45) is 0 Å². The molecule has 2 aromatic rings. The number of benzene rings is 2. The summed E-state index contributed by atoms with van der Waals surface area (Å²) in [5.41, 5.74) is -4.96. The highest BCUT2D eigenvalue weighted by molar-refractivity contribution is 6.30. The zero-order valence-electron chi connectivity index (χ0n) is 12.2. The maximum atomic E-state index is 14.2. The van der Waals surface area contributed by atoms with Crippen molar-refractivity contribution in [3.63, 3.8) is 0 Å². The molecular weight excluding hydrogens is 355 g/mol. The fourth-order valence-electron chi connectivity index (χ4n) is 2.27. The van der Waals surface area contributed by atoms with Crippen molar-refractivity contribution in [2.75, 3.05) is 7.11 Å². The normalized spacial score (nSPS) is 15.0. The van der Waals surface area contributed by atoms with Gasteiger partial charge in [0.25, 0.3) is 0 Å². The highest BCUT2D eigenvalue weighted by atomic mass is 35.5. The number of methoxy groups -OCH3 is 1. The van der Waals surface area contributed by atoms with Crippen LogP contribution >= 0.6 is 11.6 Å². The van der Waals surface area contributed by atoms with Gasteiger partial charge in [-0.2, -0.15) is 22.0 Å². The Morgan fingerprint density at radius 3 is 2.00 bits per heavy atom. The molecule has 0 aliphatic carbocycles. The van der Waals surface area contributed by atoms with Crippen LogP contribution in [0.3, 0.4) is 0 Å². The summed E-state index contributed by atoms with van der Waals surface area (Å²) in [6, 6.07) is 8.54. The van der Waals surface area contributed by atoms with Crippen molar-refractivity contribution in [1.29, 1.82) is 0 Å². The summed E-state index contributed by atoms with van der Waals surface area (Å²) < 4.78 is 72.3. The van der Waals surface area contributed by atoms with Crippen LogP contribution < -0.4 is 4.74 Å². The average Bonchev–Trinajstić information content (AvgIpc) is 2.53. The van der Waals surface area contributed by atoms with Gasteiger partial charge in [-0.15, -0.1) is 0 Å². The zero-order chi connectivity index (χ0) is 18.2. The monoisotopic (exact) mass is 366 g/mol. The molecule has 0 spiro atoms. The molecule has 1 unspecified atom stereocenters. The molecule has 0 amide bonds. The Kier molecular flexibility index (Phi) is 4.79. The van der Waals surface area contributed by atoms with Gasteiger partial charge < -0.3 is 9.84 Å². The number of aliphatic hydroxyl groups is 1. The lowest BCUT2D eigenvalue weighted by Gasteiger charge is -2.37. The third-order valence-corrected chi connectivity index (χ3v) is 3.81. The Bertz CT molecular complexity index is 715. The molecular formula is C16H12ClF5O2. The Labute approximate surface area is 139 Å². The summed E-state index contributed by atoms with van der Waals surface area (Å²) in [6.45, 7) is 0. The molecule has 0 radical (unpaired) electrons. The molecule has 24 heavy (non-hydrogen) atoms. The Balaban J connectivity index is 2.76. The van der Waals surface area contributed by atoms with Crippen LogP contribution in [0.4, 0.5) is 22.0 Å². The van der Waals surface area contributed by atoms with Crippen LogP contribution in [0.1, 0.15) is 11.1 Å². The summed E-state index contributed by atoms with van der Waals surface area (Å²) >= 11 is 5.65. The molecule has 8 heteroatoms. The van der Waals surface area contributed by atoms with Crippen molar-refractivity contribution in [2.45, 2.75) is 17.7 Å². The maximum Gasteiger partial charge on any atom is 0.457 e. The first kappa shape index (κ1) is 18.5. The van der Waals surface area contributed by atoms with Crippen LogP contribution in [0.25, 0.3) is 0 Å².